The Morgan fingerprint density at radius 1 is 1.24 bits per heavy atom. The molecule has 2 heterocycles. The van der Waals surface area contributed by atoms with Gasteiger partial charge in [-0.25, -0.2) is 4.68 Å². The number of aromatic nitrogens is 2. The van der Waals surface area contributed by atoms with Crippen molar-refractivity contribution in [2.75, 3.05) is 0 Å². The lowest BCUT2D eigenvalue weighted by Crippen LogP contribution is -2.06. The van der Waals surface area contributed by atoms with Crippen LogP contribution in [0.25, 0.3) is 0 Å². The van der Waals surface area contributed by atoms with Crippen LogP contribution in [0.2, 0.25) is 0 Å². The lowest BCUT2D eigenvalue weighted by atomic mass is 10.2. The van der Waals surface area contributed by atoms with Gasteiger partial charge in [0.1, 0.15) is 5.75 Å². The van der Waals surface area contributed by atoms with Crippen molar-refractivity contribution in [3.63, 3.8) is 0 Å². The van der Waals surface area contributed by atoms with Gasteiger partial charge in [0.2, 0.25) is 0 Å². The summed E-state index contributed by atoms with van der Waals surface area (Å²) in [6.45, 7) is -0.113. The van der Waals surface area contributed by atoms with E-state index in [-0.39, 0.29) is 18.5 Å². The topological polar surface area (TPSA) is 83.0 Å². The summed E-state index contributed by atoms with van der Waals surface area (Å²) >= 11 is 0. The Morgan fingerprint density at radius 2 is 2.00 bits per heavy atom. The standard InChI is InChI=1S/C11H10N4O2/c16-6-8-5-10-12-13-11(15(10)14-8)7-1-3-9(17)4-2-7/h1-5,11,16-17H,6H2. The summed E-state index contributed by atoms with van der Waals surface area (Å²) in [5, 5.41) is 30.5. The maximum absolute atomic E-state index is 9.23. The van der Waals surface area contributed by atoms with E-state index in [2.05, 4.69) is 15.3 Å². The highest BCUT2D eigenvalue weighted by Crippen LogP contribution is 2.33. The fraction of sp³-hybridized carbons (Fsp3) is 0.182. The van der Waals surface area contributed by atoms with Gasteiger partial charge in [0.05, 0.1) is 12.3 Å². The van der Waals surface area contributed by atoms with Crippen molar-refractivity contribution in [3.05, 3.63) is 41.6 Å². The number of hydrogen-bond donors (Lipinski definition) is 2. The molecule has 0 saturated heterocycles. The third-order valence-electron chi connectivity index (χ3n) is 2.62. The molecule has 2 aromatic rings. The molecule has 6 nitrogen and oxygen atoms in total. The molecule has 0 amide bonds. The van der Waals surface area contributed by atoms with E-state index < -0.39 is 0 Å². The first-order valence-corrected chi connectivity index (χ1v) is 5.17. The lowest BCUT2D eigenvalue weighted by molar-refractivity contribution is 0.274. The quantitative estimate of drug-likeness (QED) is 0.824. The van der Waals surface area contributed by atoms with Gasteiger partial charge in [0.15, 0.2) is 12.0 Å². The summed E-state index contributed by atoms with van der Waals surface area (Å²) in [6.07, 6.45) is -0.314. The summed E-state index contributed by atoms with van der Waals surface area (Å²) in [5.74, 6) is 0.840. The molecule has 6 heteroatoms. The zero-order chi connectivity index (χ0) is 11.8. The van der Waals surface area contributed by atoms with Gasteiger partial charge in [-0.05, 0) is 12.1 Å². The zero-order valence-electron chi connectivity index (χ0n) is 8.85. The lowest BCUT2D eigenvalue weighted by Gasteiger charge is -2.08. The van der Waals surface area contributed by atoms with Gasteiger partial charge in [-0.3, -0.25) is 0 Å². The minimum atomic E-state index is -0.314. The number of azo groups is 1. The number of fused-ring (bicyclic) bond motifs is 1. The molecule has 2 N–H and O–H groups in total. The minimum absolute atomic E-state index is 0.113. The molecule has 0 radical (unpaired) electrons. The largest absolute Gasteiger partial charge is 0.508 e. The first kappa shape index (κ1) is 9.98. The molecular formula is C11H10N4O2. The summed E-state index contributed by atoms with van der Waals surface area (Å²) in [4.78, 5) is 0. The van der Waals surface area contributed by atoms with Gasteiger partial charge in [0, 0.05) is 11.6 Å². The average molecular weight is 230 g/mol. The molecule has 86 valence electrons. The molecule has 1 unspecified atom stereocenters. The van der Waals surface area contributed by atoms with E-state index in [1.54, 1.807) is 35.0 Å². The number of rotatable bonds is 2. The molecule has 1 aliphatic rings. The van der Waals surface area contributed by atoms with Gasteiger partial charge in [-0.1, -0.05) is 12.1 Å². The van der Waals surface area contributed by atoms with Crippen LogP contribution in [0.5, 0.6) is 5.75 Å². The first-order valence-electron chi connectivity index (χ1n) is 5.17. The van der Waals surface area contributed by atoms with E-state index in [1.807, 2.05) is 0 Å². The predicted molar refractivity (Wildman–Crippen MR) is 58.9 cm³/mol. The van der Waals surface area contributed by atoms with E-state index in [0.29, 0.717) is 11.5 Å². The van der Waals surface area contributed by atoms with Crippen molar-refractivity contribution < 1.29 is 10.2 Å². The molecule has 1 atom stereocenters. The van der Waals surface area contributed by atoms with Crippen molar-refractivity contribution in [1.29, 1.82) is 0 Å². The number of hydrogen-bond acceptors (Lipinski definition) is 5. The Labute approximate surface area is 96.9 Å². The van der Waals surface area contributed by atoms with E-state index in [9.17, 15) is 5.11 Å². The molecule has 17 heavy (non-hydrogen) atoms. The highest BCUT2D eigenvalue weighted by atomic mass is 16.3. The second-order valence-corrected chi connectivity index (χ2v) is 3.78. The Bertz CT molecular complexity index is 574. The van der Waals surface area contributed by atoms with Crippen LogP contribution < -0.4 is 0 Å². The number of phenols is 1. The number of nitrogens with zero attached hydrogens (tertiary/aromatic N) is 4. The molecule has 0 bridgehead atoms. The van der Waals surface area contributed by atoms with E-state index in [4.69, 9.17) is 5.11 Å². The zero-order valence-corrected chi connectivity index (χ0v) is 8.85. The first-order chi connectivity index (χ1) is 8.28. The fourth-order valence-electron chi connectivity index (χ4n) is 1.78. The maximum atomic E-state index is 9.23. The molecular weight excluding hydrogens is 220 g/mol. The Balaban J connectivity index is 2.00. The average Bonchev–Trinajstić information content (AvgIpc) is 2.89. The van der Waals surface area contributed by atoms with Crippen molar-refractivity contribution in [1.82, 2.24) is 9.78 Å². The molecule has 0 fully saturated rings. The Hall–Kier alpha value is -2.21. The molecule has 0 aliphatic carbocycles. The number of benzene rings is 1. The van der Waals surface area contributed by atoms with Crippen LogP contribution in [-0.2, 0) is 6.61 Å². The van der Waals surface area contributed by atoms with Crippen LogP contribution in [0.3, 0.4) is 0 Å². The highest BCUT2D eigenvalue weighted by molar-refractivity contribution is 5.36. The molecule has 3 rings (SSSR count). The number of phenolic OH excluding ortho intramolecular Hbond substituents is 1. The van der Waals surface area contributed by atoms with E-state index in [1.165, 1.54) is 0 Å². The fourth-order valence-corrected chi connectivity index (χ4v) is 1.78. The molecule has 1 aromatic heterocycles. The van der Waals surface area contributed by atoms with E-state index in [0.717, 1.165) is 5.56 Å². The van der Waals surface area contributed by atoms with Gasteiger partial charge >= 0.3 is 0 Å². The SMILES string of the molecule is OCc1cc2n(n1)C(c1ccc(O)cc1)N=N2. The molecule has 1 aliphatic heterocycles. The van der Waals surface area contributed by atoms with E-state index >= 15 is 0 Å². The van der Waals surface area contributed by atoms with Crippen LogP contribution in [0.15, 0.2) is 40.6 Å². The Kier molecular flexibility index (Phi) is 2.15. The minimum Gasteiger partial charge on any atom is -0.508 e. The summed E-state index contributed by atoms with van der Waals surface area (Å²) in [7, 11) is 0. The Morgan fingerprint density at radius 3 is 2.71 bits per heavy atom. The molecule has 0 saturated carbocycles. The number of aliphatic hydroxyl groups excluding tert-OH is 1. The van der Waals surface area contributed by atoms with Crippen molar-refractivity contribution in [2.45, 2.75) is 12.8 Å². The van der Waals surface area contributed by atoms with Gasteiger partial charge < -0.3 is 10.2 Å². The van der Waals surface area contributed by atoms with Crippen LogP contribution in [0.1, 0.15) is 17.4 Å². The monoisotopic (exact) mass is 230 g/mol. The van der Waals surface area contributed by atoms with Crippen molar-refractivity contribution >= 4 is 5.82 Å². The summed E-state index contributed by atoms with van der Waals surface area (Å²) < 4.78 is 1.65. The van der Waals surface area contributed by atoms with Crippen molar-refractivity contribution in [3.8, 4) is 5.75 Å². The van der Waals surface area contributed by atoms with Crippen LogP contribution >= 0.6 is 0 Å². The molecule has 0 spiro atoms. The summed E-state index contributed by atoms with van der Waals surface area (Å²) in [5.41, 5.74) is 1.46. The smallest absolute Gasteiger partial charge is 0.190 e. The maximum Gasteiger partial charge on any atom is 0.190 e. The molecule has 1 aromatic carbocycles. The predicted octanol–water partition coefficient (Wildman–Crippen LogP) is 1.73. The van der Waals surface area contributed by atoms with Crippen LogP contribution in [-0.4, -0.2) is 20.0 Å². The highest BCUT2D eigenvalue weighted by Gasteiger charge is 2.23. The number of aromatic hydroxyl groups is 1. The van der Waals surface area contributed by atoms with Crippen LogP contribution in [0.4, 0.5) is 5.82 Å². The van der Waals surface area contributed by atoms with Crippen LogP contribution in [0, 0.1) is 0 Å². The van der Waals surface area contributed by atoms with Crippen molar-refractivity contribution in [2.24, 2.45) is 10.2 Å². The third-order valence-corrected chi connectivity index (χ3v) is 2.62. The van der Waals surface area contributed by atoms with Gasteiger partial charge in [-0.15, -0.1) is 5.11 Å². The van der Waals surface area contributed by atoms with Gasteiger partial charge in [-0.2, -0.15) is 10.2 Å². The van der Waals surface area contributed by atoms with Gasteiger partial charge in [0.25, 0.3) is 0 Å². The third kappa shape index (κ3) is 1.58. The summed E-state index contributed by atoms with van der Waals surface area (Å²) in [6, 6.07) is 8.44. The second-order valence-electron chi connectivity index (χ2n) is 3.78. The second kappa shape index (κ2) is 3.67. The number of aliphatic hydroxyl groups is 1. The normalized spacial score (nSPS) is 17.4.